The Morgan fingerprint density at radius 3 is 2.95 bits per heavy atom. The van der Waals surface area contributed by atoms with Gasteiger partial charge in [-0.25, -0.2) is 0 Å². The maximum atomic E-state index is 5.95. The molecule has 1 aliphatic carbocycles. The molecule has 0 aromatic heterocycles. The number of ether oxygens (including phenoxy) is 3. The van der Waals surface area contributed by atoms with E-state index >= 15 is 0 Å². The molecule has 2 aliphatic heterocycles. The van der Waals surface area contributed by atoms with E-state index in [4.69, 9.17) is 14.2 Å². The van der Waals surface area contributed by atoms with Gasteiger partial charge in [0, 0.05) is 38.9 Å². The summed E-state index contributed by atoms with van der Waals surface area (Å²) in [6.45, 7) is 5.47. The van der Waals surface area contributed by atoms with Crippen molar-refractivity contribution in [3.63, 3.8) is 0 Å². The molecule has 0 bridgehead atoms. The Labute approximate surface area is 116 Å². The highest BCUT2D eigenvalue weighted by molar-refractivity contribution is 4.92. The van der Waals surface area contributed by atoms with Gasteiger partial charge in [-0.3, -0.25) is 0 Å². The Hall–Kier alpha value is -0.160. The van der Waals surface area contributed by atoms with Crippen molar-refractivity contribution in [3.8, 4) is 0 Å². The van der Waals surface area contributed by atoms with Crippen LogP contribution in [0.15, 0.2) is 0 Å². The molecule has 2 unspecified atom stereocenters. The van der Waals surface area contributed by atoms with Gasteiger partial charge in [0.15, 0.2) is 0 Å². The SMILES string of the molecule is C(CNC1CCOC2(CCOC2)C1)COCC1CC1. The Morgan fingerprint density at radius 1 is 1.21 bits per heavy atom. The van der Waals surface area contributed by atoms with E-state index in [-0.39, 0.29) is 5.60 Å². The molecule has 2 heterocycles. The molecular weight excluding hydrogens is 242 g/mol. The first-order valence-electron chi connectivity index (χ1n) is 7.89. The van der Waals surface area contributed by atoms with Crippen LogP contribution in [0.3, 0.4) is 0 Å². The van der Waals surface area contributed by atoms with Crippen LogP contribution in [0, 0.1) is 5.92 Å². The summed E-state index contributed by atoms with van der Waals surface area (Å²) in [5.41, 5.74) is 0.0262. The van der Waals surface area contributed by atoms with Gasteiger partial charge in [-0.05, 0) is 44.6 Å². The highest BCUT2D eigenvalue weighted by Gasteiger charge is 2.40. The van der Waals surface area contributed by atoms with Gasteiger partial charge in [0.05, 0.1) is 12.2 Å². The highest BCUT2D eigenvalue weighted by atomic mass is 16.6. The van der Waals surface area contributed by atoms with Gasteiger partial charge in [-0.2, -0.15) is 0 Å². The number of rotatable bonds is 7. The Morgan fingerprint density at radius 2 is 2.16 bits per heavy atom. The summed E-state index contributed by atoms with van der Waals surface area (Å²) < 4.78 is 17.1. The maximum absolute atomic E-state index is 5.95. The molecule has 3 aliphatic rings. The highest BCUT2D eigenvalue weighted by Crippen LogP contribution is 2.32. The minimum Gasteiger partial charge on any atom is -0.381 e. The lowest BCUT2D eigenvalue weighted by Crippen LogP contribution is -2.47. The van der Waals surface area contributed by atoms with E-state index in [0.717, 1.165) is 71.2 Å². The largest absolute Gasteiger partial charge is 0.381 e. The molecule has 2 atom stereocenters. The van der Waals surface area contributed by atoms with Crippen LogP contribution in [0.5, 0.6) is 0 Å². The van der Waals surface area contributed by atoms with Crippen molar-refractivity contribution in [2.24, 2.45) is 5.92 Å². The van der Waals surface area contributed by atoms with Crippen LogP contribution in [-0.4, -0.2) is 51.2 Å². The van der Waals surface area contributed by atoms with Crippen molar-refractivity contribution in [2.75, 3.05) is 39.6 Å². The molecule has 3 rings (SSSR count). The fourth-order valence-corrected chi connectivity index (χ4v) is 3.08. The van der Waals surface area contributed by atoms with Crippen LogP contribution in [-0.2, 0) is 14.2 Å². The first kappa shape index (κ1) is 13.8. The molecule has 0 aromatic rings. The molecule has 1 saturated carbocycles. The summed E-state index contributed by atoms with van der Waals surface area (Å²) in [6, 6.07) is 0.596. The van der Waals surface area contributed by atoms with E-state index in [1.54, 1.807) is 0 Å². The normalized spacial score (nSPS) is 35.1. The van der Waals surface area contributed by atoms with Crippen LogP contribution in [0.25, 0.3) is 0 Å². The summed E-state index contributed by atoms with van der Waals surface area (Å²) in [6.07, 6.45) is 7.18. The third-order valence-corrected chi connectivity index (χ3v) is 4.51. The van der Waals surface area contributed by atoms with E-state index in [9.17, 15) is 0 Å². The standard InChI is InChI=1S/C15H27NO3/c1(7-17-11-13-2-3-13)6-16-14-4-8-19-15(10-14)5-9-18-12-15/h13-14,16H,1-12H2. The molecule has 19 heavy (non-hydrogen) atoms. The third kappa shape index (κ3) is 4.15. The minimum atomic E-state index is 0.0262. The zero-order valence-corrected chi connectivity index (χ0v) is 11.9. The molecule has 2 saturated heterocycles. The summed E-state index contributed by atoms with van der Waals surface area (Å²) in [7, 11) is 0. The first-order valence-corrected chi connectivity index (χ1v) is 7.89. The van der Waals surface area contributed by atoms with Gasteiger partial charge < -0.3 is 19.5 Å². The fraction of sp³-hybridized carbons (Fsp3) is 1.00. The van der Waals surface area contributed by atoms with Crippen LogP contribution in [0.4, 0.5) is 0 Å². The molecule has 0 amide bonds. The van der Waals surface area contributed by atoms with E-state index < -0.39 is 0 Å². The third-order valence-electron chi connectivity index (χ3n) is 4.51. The lowest BCUT2D eigenvalue weighted by Gasteiger charge is -2.37. The second kappa shape index (κ2) is 6.53. The van der Waals surface area contributed by atoms with Gasteiger partial charge in [0.2, 0.25) is 0 Å². The summed E-state index contributed by atoms with van der Waals surface area (Å²) in [4.78, 5) is 0. The predicted molar refractivity (Wildman–Crippen MR) is 73.3 cm³/mol. The van der Waals surface area contributed by atoms with Crippen molar-refractivity contribution in [1.82, 2.24) is 5.32 Å². The first-order chi connectivity index (χ1) is 9.36. The second-order valence-corrected chi connectivity index (χ2v) is 6.35. The summed E-state index contributed by atoms with van der Waals surface area (Å²) in [5.74, 6) is 0.880. The summed E-state index contributed by atoms with van der Waals surface area (Å²) >= 11 is 0. The lowest BCUT2D eigenvalue weighted by molar-refractivity contribution is -0.0893. The van der Waals surface area contributed by atoms with Gasteiger partial charge in [-0.1, -0.05) is 0 Å². The van der Waals surface area contributed by atoms with Crippen molar-refractivity contribution in [2.45, 2.75) is 50.2 Å². The molecule has 3 fully saturated rings. The molecule has 0 aromatic carbocycles. The van der Waals surface area contributed by atoms with Crippen LogP contribution >= 0.6 is 0 Å². The zero-order chi connectivity index (χ0) is 13.0. The summed E-state index contributed by atoms with van der Waals surface area (Å²) in [5, 5.41) is 3.66. The average molecular weight is 269 g/mol. The molecule has 0 radical (unpaired) electrons. The van der Waals surface area contributed by atoms with Gasteiger partial charge in [0.25, 0.3) is 0 Å². The monoisotopic (exact) mass is 269 g/mol. The fourth-order valence-electron chi connectivity index (χ4n) is 3.08. The van der Waals surface area contributed by atoms with Crippen LogP contribution < -0.4 is 5.32 Å². The molecule has 110 valence electrons. The predicted octanol–water partition coefficient (Wildman–Crippen LogP) is 1.73. The second-order valence-electron chi connectivity index (χ2n) is 6.35. The minimum absolute atomic E-state index is 0.0262. The van der Waals surface area contributed by atoms with Gasteiger partial charge in [-0.15, -0.1) is 0 Å². The Bertz CT molecular complexity index is 275. The number of hydrogen-bond donors (Lipinski definition) is 1. The van der Waals surface area contributed by atoms with Gasteiger partial charge in [0.1, 0.15) is 0 Å². The zero-order valence-electron chi connectivity index (χ0n) is 11.9. The molecular formula is C15H27NO3. The molecule has 4 nitrogen and oxygen atoms in total. The van der Waals surface area contributed by atoms with E-state index in [0.29, 0.717) is 6.04 Å². The van der Waals surface area contributed by atoms with Crippen LogP contribution in [0.1, 0.15) is 38.5 Å². The molecule has 1 N–H and O–H groups in total. The topological polar surface area (TPSA) is 39.7 Å². The molecule has 1 spiro atoms. The lowest BCUT2D eigenvalue weighted by atomic mass is 9.89. The van der Waals surface area contributed by atoms with E-state index in [2.05, 4.69) is 5.32 Å². The molecule has 4 heteroatoms. The van der Waals surface area contributed by atoms with Crippen molar-refractivity contribution >= 4 is 0 Å². The van der Waals surface area contributed by atoms with Crippen molar-refractivity contribution in [3.05, 3.63) is 0 Å². The van der Waals surface area contributed by atoms with E-state index in [1.165, 1.54) is 12.8 Å². The van der Waals surface area contributed by atoms with Gasteiger partial charge >= 0.3 is 0 Å². The number of nitrogens with one attached hydrogen (secondary N) is 1. The van der Waals surface area contributed by atoms with Crippen molar-refractivity contribution < 1.29 is 14.2 Å². The number of hydrogen-bond acceptors (Lipinski definition) is 4. The quantitative estimate of drug-likeness (QED) is 0.715. The Balaban J connectivity index is 1.26. The maximum Gasteiger partial charge on any atom is 0.0951 e. The van der Waals surface area contributed by atoms with Crippen LogP contribution in [0.2, 0.25) is 0 Å². The smallest absolute Gasteiger partial charge is 0.0951 e. The van der Waals surface area contributed by atoms with Crippen molar-refractivity contribution in [1.29, 1.82) is 0 Å². The average Bonchev–Trinajstić information content (AvgIpc) is 3.15. The Kier molecular flexibility index (Phi) is 4.74. The van der Waals surface area contributed by atoms with E-state index in [1.807, 2.05) is 0 Å².